The topological polar surface area (TPSA) is 61.8 Å². The Kier molecular flexibility index (Phi) is 4.04. The number of ether oxygens (including phenoxy) is 3. The summed E-state index contributed by atoms with van der Waals surface area (Å²) >= 11 is 5.71. The number of carbonyl (C=O) groups excluding carboxylic acids is 2. The SMILES string of the molecule is O=C(COc1ccc(Cl)cc1)O[C@@H]1CCOC1=O. The molecule has 1 heterocycles. The fourth-order valence-corrected chi connectivity index (χ4v) is 1.58. The highest BCUT2D eigenvalue weighted by molar-refractivity contribution is 6.30. The Hall–Kier alpha value is -1.75. The number of esters is 2. The smallest absolute Gasteiger partial charge is 0.347 e. The highest BCUT2D eigenvalue weighted by Crippen LogP contribution is 2.16. The minimum atomic E-state index is -0.800. The van der Waals surface area contributed by atoms with Crippen LogP contribution in [0, 0.1) is 0 Å². The molecule has 1 aromatic carbocycles. The number of rotatable bonds is 4. The van der Waals surface area contributed by atoms with Crippen LogP contribution < -0.4 is 4.74 Å². The van der Waals surface area contributed by atoms with E-state index in [1.54, 1.807) is 24.3 Å². The van der Waals surface area contributed by atoms with E-state index in [0.29, 0.717) is 17.2 Å². The van der Waals surface area contributed by atoms with Crippen molar-refractivity contribution in [3.8, 4) is 5.75 Å². The van der Waals surface area contributed by atoms with Crippen molar-refractivity contribution < 1.29 is 23.8 Å². The van der Waals surface area contributed by atoms with E-state index in [2.05, 4.69) is 4.74 Å². The summed E-state index contributed by atoms with van der Waals surface area (Å²) in [5.74, 6) is -0.603. The van der Waals surface area contributed by atoms with Crippen LogP contribution in [0.2, 0.25) is 5.02 Å². The quantitative estimate of drug-likeness (QED) is 0.778. The zero-order valence-electron chi connectivity index (χ0n) is 9.43. The molecule has 0 spiro atoms. The molecule has 18 heavy (non-hydrogen) atoms. The second-order valence-corrected chi connectivity index (χ2v) is 4.11. The van der Waals surface area contributed by atoms with Gasteiger partial charge in [-0.1, -0.05) is 11.6 Å². The average molecular weight is 271 g/mol. The minimum absolute atomic E-state index is 0.259. The van der Waals surface area contributed by atoms with Gasteiger partial charge in [0.15, 0.2) is 6.61 Å². The standard InChI is InChI=1S/C12H11ClO5/c13-8-1-3-9(4-2-8)17-7-11(14)18-10-5-6-16-12(10)15/h1-4,10H,5-7H2/t10-/m1/s1. The van der Waals surface area contributed by atoms with Crippen molar-refractivity contribution in [2.45, 2.75) is 12.5 Å². The maximum atomic E-state index is 11.4. The van der Waals surface area contributed by atoms with E-state index >= 15 is 0 Å². The maximum absolute atomic E-state index is 11.4. The Balaban J connectivity index is 1.78. The van der Waals surface area contributed by atoms with E-state index in [0.717, 1.165) is 0 Å². The first kappa shape index (κ1) is 12.7. The molecular weight excluding hydrogens is 260 g/mol. The fourth-order valence-electron chi connectivity index (χ4n) is 1.45. The second-order valence-electron chi connectivity index (χ2n) is 3.68. The van der Waals surface area contributed by atoms with Gasteiger partial charge in [-0.05, 0) is 24.3 Å². The van der Waals surface area contributed by atoms with Gasteiger partial charge in [0.2, 0.25) is 6.10 Å². The monoisotopic (exact) mass is 270 g/mol. The number of carbonyl (C=O) groups is 2. The lowest BCUT2D eigenvalue weighted by molar-refractivity contribution is -0.161. The zero-order chi connectivity index (χ0) is 13.0. The van der Waals surface area contributed by atoms with Crippen molar-refractivity contribution in [1.29, 1.82) is 0 Å². The molecule has 0 radical (unpaired) electrons. The molecule has 0 saturated carbocycles. The van der Waals surface area contributed by atoms with Gasteiger partial charge in [0.25, 0.3) is 0 Å². The molecule has 0 N–H and O–H groups in total. The molecule has 1 saturated heterocycles. The molecule has 1 aromatic rings. The molecule has 0 aliphatic carbocycles. The second kappa shape index (κ2) is 5.73. The van der Waals surface area contributed by atoms with Gasteiger partial charge < -0.3 is 14.2 Å². The first-order chi connectivity index (χ1) is 8.65. The van der Waals surface area contributed by atoms with Gasteiger partial charge in [-0.3, -0.25) is 0 Å². The average Bonchev–Trinajstić information content (AvgIpc) is 2.74. The highest BCUT2D eigenvalue weighted by atomic mass is 35.5. The van der Waals surface area contributed by atoms with Crippen LogP contribution in [0.4, 0.5) is 0 Å². The van der Waals surface area contributed by atoms with Crippen molar-refractivity contribution in [2.24, 2.45) is 0 Å². The molecule has 1 aliphatic heterocycles. The first-order valence-electron chi connectivity index (χ1n) is 5.39. The van der Waals surface area contributed by atoms with Crippen LogP contribution in [0.25, 0.3) is 0 Å². The van der Waals surface area contributed by atoms with Crippen molar-refractivity contribution >= 4 is 23.5 Å². The van der Waals surface area contributed by atoms with E-state index < -0.39 is 18.0 Å². The molecule has 1 atom stereocenters. The summed E-state index contributed by atoms with van der Waals surface area (Å²) in [6, 6.07) is 6.58. The van der Waals surface area contributed by atoms with Gasteiger partial charge in [-0.25, -0.2) is 9.59 Å². The normalized spacial score (nSPS) is 18.3. The predicted octanol–water partition coefficient (Wildman–Crippen LogP) is 1.58. The Labute approximate surface area is 109 Å². The summed E-state index contributed by atoms with van der Waals surface area (Å²) in [5, 5.41) is 0.582. The zero-order valence-corrected chi connectivity index (χ0v) is 10.2. The van der Waals surface area contributed by atoms with Crippen LogP contribution in [-0.2, 0) is 19.1 Å². The minimum Gasteiger partial charge on any atom is -0.482 e. The van der Waals surface area contributed by atoms with Crippen LogP contribution in [0.1, 0.15) is 6.42 Å². The van der Waals surface area contributed by atoms with Crippen LogP contribution in [0.5, 0.6) is 5.75 Å². The van der Waals surface area contributed by atoms with Crippen LogP contribution >= 0.6 is 11.6 Å². The van der Waals surface area contributed by atoms with Gasteiger partial charge in [-0.2, -0.15) is 0 Å². The Bertz CT molecular complexity index is 442. The number of cyclic esters (lactones) is 1. The third-order valence-electron chi connectivity index (χ3n) is 2.33. The molecule has 6 heteroatoms. The number of hydrogen-bond acceptors (Lipinski definition) is 5. The summed E-state index contributed by atoms with van der Waals surface area (Å²) in [7, 11) is 0. The largest absolute Gasteiger partial charge is 0.482 e. The summed E-state index contributed by atoms with van der Waals surface area (Å²) in [6.07, 6.45) is -0.405. The molecule has 0 amide bonds. The van der Waals surface area contributed by atoms with Crippen LogP contribution in [-0.4, -0.2) is 31.3 Å². The Morgan fingerprint density at radius 3 is 2.72 bits per heavy atom. The molecule has 96 valence electrons. The van der Waals surface area contributed by atoms with E-state index in [4.69, 9.17) is 21.1 Å². The van der Waals surface area contributed by atoms with Crippen LogP contribution in [0.3, 0.4) is 0 Å². The van der Waals surface area contributed by atoms with E-state index in [1.807, 2.05) is 0 Å². The lowest BCUT2D eigenvalue weighted by Crippen LogP contribution is -2.26. The van der Waals surface area contributed by atoms with E-state index in [9.17, 15) is 9.59 Å². The van der Waals surface area contributed by atoms with Crippen LogP contribution in [0.15, 0.2) is 24.3 Å². The highest BCUT2D eigenvalue weighted by Gasteiger charge is 2.30. The summed E-state index contributed by atoms with van der Waals surface area (Å²) in [6.45, 7) is 0.0280. The molecule has 1 fully saturated rings. The first-order valence-corrected chi connectivity index (χ1v) is 5.77. The number of benzene rings is 1. The van der Waals surface area contributed by atoms with Gasteiger partial charge in [-0.15, -0.1) is 0 Å². The summed E-state index contributed by atoms with van der Waals surface area (Å²) in [5.41, 5.74) is 0. The van der Waals surface area contributed by atoms with E-state index in [-0.39, 0.29) is 13.2 Å². The Morgan fingerprint density at radius 1 is 1.39 bits per heavy atom. The molecule has 1 aliphatic rings. The summed E-state index contributed by atoms with van der Waals surface area (Å²) < 4.78 is 14.8. The number of hydrogen-bond donors (Lipinski definition) is 0. The van der Waals surface area contributed by atoms with Gasteiger partial charge in [0.1, 0.15) is 5.75 Å². The van der Waals surface area contributed by atoms with Gasteiger partial charge >= 0.3 is 11.9 Å². The summed E-state index contributed by atoms with van der Waals surface area (Å²) in [4.78, 5) is 22.5. The van der Waals surface area contributed by atoms with Crippen molar-refractivity contribution in [3.05, 3.63) is 29.3 Å². The Morgan fingerprint density at radius 2 is 2.11 bits per heavy atom. The third kappa shape index (κ3) is 3.37. The van der Waals surface area contributed by atoms with Gasteiger partial charge in [0, 0.05) is 11.4 Å². The third-order valence-corrected chi connectivity index (χ3v) is 2.58. The fraction of sp³-hybridized carbons (Fsp3) is 0.333. The van der Waals surface area contributed by atoms with Crippen molar-refractivity contribution in [2.75, 3.05) is 13.2 Å². The molecule has 2 rings (SSSR count). The predicted molar refractivity (Wildman–Crippen MR) is 62.4 cm³/mol. The molecular formula is C12H11ClO5. The van der Waals surface area contributed by atoms with Crippen molar-refractivity contribution in [1.82, 2.24) is 0 Å². The molecule has 5 nitrogen and oxygen atoms in total. The number of halogens is 1. The maximum Gasteiger partial charge on any atom is 0.347 e. The molecule has 0 bridgehead atoms. The van der Waals surface area contributed by atoms with Gasteiger partial charge in [0.05, 0.1) is 6.61 Å². The van der Waals surface area contributed by atoms with Crippen molar-refractivity contribution in [3.63, 3.8) is 0 Å². The lowest BCUT2D eigenvalue weighted by atomic mass is 10.3. The molecule has 0 aromatic heterocycles. The van der Waals surface area contributed by atoms with E-state index in [1.165, 1.54) is 0 Å². The lowest BCUT2D eigenvalue weighted by Gasteiger charge is -2.09. The molecule has 0 unspecified atom stereocenters.